The first-order valence-electron chi connectivity index (χ1n) is 8.35. The van der Waals surface area contributed by atoms with Gasteiger partial charge in [0, 0.05) is 11.1 Å². The second kappa shape index (κ2) is 9.24. The van der Waals surface area contributed by atoms with Gasteiger partial charge >= 0.3 is 0 Å². The van der Waals surface area contributed by atoms with E-state index >= 15 is 0 Å². The highest BCUT2D eigenvalue weighted by Crippen LogP contribution is 2.28. The molecule has 1 heterocycles. The molecule has 0 aliphatic heterocycles. The van der Waals surface area contributed by atoms with E-state index in [1.165, 1.54) is 11.8 Å². The molecule has 9 heteroatoms. The number of nitrogens with one attached hydrogen (secondary N) is 2. The number of aromatic nitrogens is 1. The Labute approximate surface area is 168 Å². The predicted octanol–water partition coefficient (Wildman–Crippen LogP) is 4.02. The van der Waals surface area contributed by atoms with Gasteiger partial charge in [-0.15, -0.1) is 0 Å². The topological polar surface area (TPSA) is 71.1 Å². The van der Waals surface area contributed by atoms with Crippen LogP contribution in [0.15, 0.2) is 70.7 Å². The third-order valence-corrected chi connectivity index (χ3v) is 4.72. The summed E-state index contributed by atoms with van der Waals surface area (Å²) in [6.45, 7) is -0.498. The van der Waals surface area contributed by atoms with E-state index < -0.39 is 41.5 Å². The molecule has 5 nitrogen and oxygen atoms in total. The SMILES string of the molecule is O=C(CNC(=O)c1cccnc1Sc1ccccc1)Nc1ccc(F)c(F)c1F. The third-order valence-electron chi connectivity index (χ3n) is 3.69. The van der Waals surface area contributed by atoms with Gasteiger partial charge in [0.05, 0.1) is 17.8 Å². The van der Waals surface area contributed by atoms with Crippen molar-refractivity contribution in [3.05, 3.63) is 83.8 Å². The van der Waals surface area contributed by atoms with Crippen molar-refractivity contribution < 1.29 is 22.8 Å². The van der Waals surface area contributed by atoms with E-state index in [-0.39, 0.29) is 5.56 Å². The molecular formula is C20H14F3N3O2S. The van der Waals surface area contributed by atoms with Gasteiger partial charge in [-0.05, 0) is 36.4 Å². The number of anilines is 1. The van der Waals surface area contributed by atoms with Crippen LogP contribution in [0.1, 0.15) is 10.4 Å². The van der Waals surface area contributed by atoms with Crippen molar-refractivity contribution >= 4 is 29.3 Å². The number of benzene rings is 2. The minimum Gasteiger partial charge on any atom is -0.343 e. The van der Waals surface area contributed by atoms with Crippen molar-refractivity contribution in [2.45, 2.75) is 9.92 Å². The van der Waals surface area contributed by atoms with Gasteiger partial charge in [-0.1, -0.05) is 30.0 Å². The lowest BCUT2D eigenvalue weighted by Gasteiger charge is -2.10. The Morgan fingerprint density at radius 2 is 1.69 bits per heavy atom. The molecule has 0 atom stereocenters. The summed E-state index contributed by atoms with van der Waals surface area (Å²) in [6, 6.07) is 14.0. The lowest BCUT2D eigenvalue weighted by Crippen LogP contribution is -2.33. The number of halogens is 3. The van der Waals surface area contributed by atoms with E-state index in [2.05, 4.69) is 15.6 Å². The first-order valence-corrected chi connectivity index (χ1v) is 9.17. The van der Waals surface area contributed by atoms with Gasteiger partial charge in [0.25, 0.3) is 5.91 Å². The smallest absolute Gasteiger partial charge is 0.254 e. The highest BCUT2D eigenvalue weighted by atomic mass is 32.2. The number of rotatable bonds is 6. The summed E-state index contributed by atoms with van der Waals surface area (Å²) < 4.78 is 39.8. The van der Waals surface area contributed by atoms with Crippen molar-refractivity contribution in [3.63, 3.8) is 0 Å². The Morgan fingerprint density at radius 1 is 0.931 bits per heavy atom. The summed E-state index contributed by atoms with van der Waals surface area (Å²) in [5, 5.41) is 4.93. The summed E-state index contributed by atoms with van der Waals surface area (Å²) in [7, 11) is 0. The van der Waals surface area contributed by atoms with Gasteiger partial charge in [-0.25, -0.2) is 18.2 Å². The van der Waals surface area contributed by atoms with Crippen molar-refractivity contribution in [2.75, 3.05) is 11.9 Å². The number of pyridine rings is 1. The zero-order chi connectivity index (χ0) is 20.8. The molecule has 2 N–H and O–H groups in total. The van der Waals surface area contributed by atoms with E-state index in [9.17, 15) is 22.8 Å². The Balaban J connectivity index is 1.64. The molecule has 0 radical (unpaired) electrons. The van der Waals surface area contributed by atoms with Crippen LogP contribution in [-0.4, -0.2) is 23.3 Å². The molecule has 1 aromatic heterocycles. The van der Waals surface area contributed by atoms with Crippen LogP contribution in [0.2, 0.25) is 0 Å². The zero-order valence-corrected chi connectivity index (χ0v) is 15.6. The molecule has 2 amide bonds. The Hall–Kier alpha value is -3.33. The van der Waals surface area contributed by atoms with Gasteiger partial charge in [-0.3, -0.25) is 9.59 Å². The average Bonchev–Trinajstić information content (AvgIpc) is 2.73. The normalized spacial score (nSPS) is 10.4. The van der Waals surface area contributed by atoms with E-state index in [0.29, 0.717) is 11.1 Å². The van der Waals surface area contributed by atoms with Crippen molar-refractivity contribution in [2.24, 2.45) is 0 Å². The van der Waals surface area contributed by atoms with E-state index in [1.807, 2.05) is 30.3 Å². The Morgan fingerprint density at radius 3 is 2.45 bits per heavy atom. The molecule has 0 aliphatic rings. The monoisotopic (exact) mass is 417 g/mol. The van der Waals surface area contributed by atoms with Crippen LogP contribution >= 0.6 is 11.8 Å². The lowest BCUT2D eigenvalue weighted by molar-refractivity contribution is -0.115. The van der Waals surface area contributed by atoms with E-state index in [1.54, 1.807) is 18.3 Å². The number of hydrogen-bond acceptors (Lipinski definition) is 4. The van der Waals surface area contributed by atoms with Crippen LogP contribution in [0.3, 0.4) is 0 Å². The van der Waals surface area contributed by atoms with Crippen LogP contribution in [-0.2, 0) is 4.79 Å². The number of carbonyl (C=O) groups excluding carboxylic acids is 2. The molecule has 0 fully saturated rings. The molecule has 0 aliphatic carbocycles. The molecule has 0 unspecified atom stereocenters. The molecule has 0 saturated heterocycles. The third kappa shape index (κ3) is 5.14. The maximum Gasteiger partial charge on any atom is 0.254 e. The van der Waals surface area contributed by atoms with Crippen LogP contribution in [0.5, 0.6) is 0 Å². The molecule has 0 bridgehead atoms. The summed E-state index contributed by atoms with van der Waals surface area (Å²) in [4.78, 5) is 29.5. The van der Waals surface area contributed by atoms with Crippen LogP contribution < -0.4 is 10.6 Å². The summed E-state index contributed by atoms with van der Waals surface area (Å²) in [5.74, 6) is -5.93. The van der Waals surface area contributed by atoms with Crippen molar-refractivity contribution in [1.82, 2.24) is 10.3 Å². The second-order valence-corrected chi connectivity index (χ2v) is 6.79. The minimum absolute atomic E-state index is 0.258. The zero-order valence-electron chi connectivity index (χ0n) is 14.8. The summed E-state index contributed by atoms with van der Waals surface area (Å²) in [5.41, 5.74) is -0.266. The van der Waals surface area contributed by atoms with Crippen molar-refractivity contribution in [3.8, 4) is 0 Å². The second-order valence-electron chi connectivity index (χ2n) is 5.72. The van der Waals surface area contributed by atoms with Crippen molar-refractivity contribution in [1.29, 1.82) is 0 Å². The fourth-order valence-electron chi connectivity index (χ4n) is 2.32. The minimum atomic E-state index is -1.69. The van der Waals surface area contributed by atoms with Crippen LogP contribution in [0.4, 0.5) is 18.9 Å². The van der Waals surface area contributed by atoms with Gasteiger partial charge in [0.15, 0.2) is 17.5 Å². The molecule has 2 aromatic carbocycles. The molecule has 0 saturated carbocycles. The fourth-order valence-corrected chi connectivity index (χ4v) is 3.22. The number of hydrogen-bond donors (Lipinski definition) is 2. The van der Waals surface area contributed by atoms with Gasteiger partial charge in [0.1, 0.15) is 5.03 Å². The molecule has 148 valence electrons. The number of amides is 2. The van der Waals surface area contributed by atoms with E-state index in [0.717, 1.165) is 11.0 Å². The maximum atomic E-state index is 13.6. The standard InChI is InChI=1S/C20H14F3N3O2S/c21-14-8-9-15(18(23)17(14)22)26-16(27)11-25-19(28)13-7-4-10-24-20(13)29-12-5-2-1-3-6-12/h1-10H,11H2,(H,25,28)(H,26,27). The Bertz CT molecular complexity index is 1050. The van der Waals surface area contributed by atoms with Gasteiger partial charge in [0.2, 0.25) is 5.91 Å². The Kier molecular flexibility index (Phi) is 6.50. The summed E-state index contributed by atoms with van der Waals surface area (Å²) >= 11 is 1.29. The average molecular weight is 417 g/mol. The highest BCUT2D eigenvalue weighted by molar-refractivity contribution is 7.99. The van der Waals surface area contributed by atoms with Crippen LogP contribution in [0.25, 0.3) is 0 Å². The fraction of sp³-hybridized carbons (Fsp3) is 0.0500. The molecule has 0 spiro atoms. The van der Waals surface area contributed by atoms with Gasteiger partial charge in [-0.2, -0.15) is 0 Å². The highest BCUT2D eigenvalue weighted by Gasteiger charge is 2.17. The van der Waals surface area contributed by atoms with Gasteiger partial charge < -0.3 is 10.6 Å². The molecular weight excluding hydrogens is 403 g/mol. The van der Waals surface area contributed by atoms with E-state index in [4.69, 9.17) is 0 Å². The van der Waals surface area contributed by atoms with Crippen LogP contribution in [0, 0.1) is 17.5 Å². The maximum absolute atomic E-state index is 13.6. The quantitative estimate of drug-likeness (QED) is 0.595. The number of nitrogens with zero attached hydrogens (tertiary/aromatic N) is 1. The predicted molar refractivity (Wildman–Crippen MR) is 102 cm³/mol. The first-order chi connectivity index (χ1) is 14.0. The number of carbonyl (C=O) groups is 2. The molecule has 3 rings (SSSR count). The largest absolute Gasteiger partial charge is 0.343 e. The first kappa shape index (κ1) is 20.4. The molecule has 29 heavy (non-hydrogen) atoms. The lowest BCUT2D eigenvalue weighted by atomic mass is 10.2. The summed E-state index contributed by atoms with van der Waals surface area (Å²) in [6.07, 6.45) is 1.54. The molecule has 3 aromatic rings.